The second-order valence-corrected chi connectivity index (χ2v) is 3.12. The van der Waals surface area contributed by atoms with Crippen LogP contribution in [-0.2, 0) is 4.79 Å². The average molecular weight is 174 g/mol. The minimum atomic E-state index is -0.486. The topological polar surface area (TPSA) is 41.1 Å². The third-order valence-electron chi connectivity index (χ3n) is 2.26. The van der Waals surface area contributed by atoms with Crippen molar-refractivity contribution in [2.24, 2.45) is 5.92 Å². The van der Waals surface area contributed by atoms with E-state index in [9.17, 15) is 9.18 Å². The molecule has 2 atom stereocenters. The molecule has 0 saturated carbocycles. The number of alkyl halides is 1. The second-order valence-electron chi connectivity index (χ2n) is 3.12. The quantitative estimate of drug-likeness (QED) is 0.635. The SMILES string of the molecule is CC1NCCC1C(=O)NCCF. The van der Waals surface area contributed by atoms with Crippen molar-refractivity contribution in [3.63, 3.8) is 0 Å². The molecule has 3 nitrogen and oxygen atoms in total. The monoisotopic (exact) mass is 174 g/mol. The molecule has 2 unspecified atom stereocenters. The number of nitrogens with one attached hydrogen (secondary N) is 2. The molecule has 12 heavy (non-hydrogen) atoms. The summed E-state index contributed by atoms with van der Waals surface area (Å²) in [6, 6.07) is 0.226. The smallest absolute Gasteiger partial charge is 0.224 e. The van der Waals surface area contributed by atoms with Gasteiger partial charge < -0.3 is 10.6 Å². The number of rotatable bonds is 3. The predicted octanol–water partition coefficient (Wildman–Crippen LogP) is 0.0701. The Kier molecular flexibility index (Phi) is 3.47. The van der Waals surface area contributed by atoms with Crippen LogP contribution in [0.4, 0.5) is 4.39 Å². The maximum absolute atomic E-state index is 11.7. The van der Waals surface area contributed by atoms with E-state index >= 15 is 0 Å². The van der Waals surface area contributed by atoms with Gasteiger partial charge in [-0.3, -0.25) is 4.79 Å². The zero-order valence-corrected chi connectivity index (χ0v) is 7.27. The van der Waals surface area contributed by atoms with Gasteiger partial charge in [0, 0.05) is 12.6 Å². The zero-order valence-electron chi connectivity index (χ0n) is 7.27. The van der Waals surface area contributed by atoms with E-state index in [1.807, 2.05) is 6.92 Å². The molecule has 0 bridgehead atoms. The summed E-state index contributed by atoms with van der Waals surface area (Å²) >= 11 is 0. The molecular weight excluding hydrogens is 159 g/mol. The third-order valence-corrected chi connectivity index (χ3v) is 2.26. The Hall–Kier alpha value is -0.640. The molecule has 0 spiro atoms. The molecule has 0 radical (unpaired) electrons. The predicted molar refractivity (Wildman–Crippen MR) is 44.6 cm³/mol. The lowest BCUT2D eigenvalue weighted by atomic mass is 10.0. The highest BCUT2D eigenvalue weighted by Crippen LogP contribution is 2.14. The van der Waals surface area contributed by atoms with Crippen molar-refractivity contribution in [1.82, 2.24) is 10.6 Å². The molecule has 1 amide bonds. The van der Waals surface area contributed by atoms with Crippen LogP contribution < -0.4 is 10.6 Å². The van der Waals surface area contributed by atoms with Crippen molar-refractivity contribution in [2.75, 3.05) is 19.8 Å². The van der Waals surface area contributed by atoms with Crippen LogP contribution in [0.15, 0.2) is 0 Å². The Morgan fingerprint density at radius 3 is 3.00 bits per heavy atom. The summed E-state index contributed by atoms with van der Waals surface area (Å²) in [5.74, 6) is 0.00157. The first-order chi connectivity index (χ1) is 5.75. The van der Waals surface area contributed by atoms with Crippen LogP contribution in [0.3, 0.4) is 0 Å². The lowest BCUT2D eigenvalue weighted by molar-refractivity contribution is -0.125. The van der Waals surface area contributed by atoms with E-state index in [2.05, 4.69) is 10.6 Å². The van der Waals surface area contributed by atoms with Crippen LogP contribution in [0.2, 0.25) is 0 Å². The summed E-state index contributed by atoms with van der Waals surface area (Å²) in [5, 5.41) is 5.72. The normalized spacial score (nSPS) is 28.8. The summed E-state index contributed by atoms with van der Waals surface area (Å²) < 4.78 is 11.7. The molecule has 0 aliphatic carbocycles. The molecule has 0 aromatic rings. The Morgan fingerprint density at radius 2 is 2.50 bits per heavy atom. The molecule has 1 saturated heterocycles. The third kappa shape index (κ3) is 2.17. The fourth-order valence-electron chi connectivity index (χ4n) is 1.52. The summed E-state index contributed by atoms with van der Waals surface area (Å²) in [4.78, 5) is 11.3. The number of hydrogen-bond donors (Lipinski definition) is 2. The standard InChI is InChI=1S/C8H15FN2O/c1-6-7(2-4-10-6)8(12)11-5-3-9/h6-7,10H,2-5H2,1H3,(H,11,12). The zero-order chi connectivity index (χ0) is 8.97. The molecule has 1 aliphatic rings. The van der Waals surface area contributed by atoms with Crippen molar-refractivity contribution in [3.8, 4) is 0 Å². The number of halogens is 1. The molecule has 2 N–H and O–H groups in total. The minimum absolute atomic E-state index is 0.0230. The van der Waals surface area contributed by atoms with Gasteiger partial charge in [-0.05, 0) is 19.9 Å². The fraction of sp³-hybridized carbons (Fsp3) is 0.875. The van der Waals surface area contributed by atoms with Gasteiger partial charge in [0.25, 0.3) is 0 Å². The molecule has 1 heterocycles. The molecule has 0 aromatic heterocycles. The highest BCUT2D eigenvalue weighted by Gasteiger charge is 2.28. The average Bonchev–Trinajstić information content (AvgIpc) is 2.47. The van der Waals surface area contributed by atoms with Crippen LogP contribution in [0.25, 0.3) is 0 Å². The Morgan fingerprint density at radius 1 is 1.75 bits per heavy atom. The van der Waals surface area contributed by atoms with Crippen LogP contribution in [0.5, 0.6) is 0 Å². The minimum Gasteiger partial charge on any atom is -0.353 e. The van der Waals surface area contributed by atoms with E-state index in [4.69, 9.17) is 0 Å². The number of carbonyl (C=O) groups is 1. The fourth-order valence-corrected chi connectivity index (χ4v) is 1.52. The van der Waals surface area contributed by atoms with Gasteiger partial charge in [0.1, 0.15) is 6.67 Å². The van der Waals surface area contributed by atoms with Crippen molar-refractivity contribution in [3.05, 3.63) is 0 Å². The van der Waals surface area contributed by atoms with Crippen molar-refractivity contribution >= 4 is 5.91 Å². The molecule has 1 aliphatic heterocycles. The summed E-state index contributed by atoms with van der Waals surface area (Å²) in [6.07, 6.45) is 0.860. The number of hydrogen-bond acceptors (Lipinski definition) is 2. The lowest BCUT2D eigenvalue weighted by Gasteiger charge is -2.13. The van der Waals surface area contributed by atoms with E-state index < -0.39 is 6.67 Å². The van der Waals surface area contributed by atoms with Crippen LogP contribution in [0.1, 0.15) is 13.3 Å². The van der Waals surface area contributed by atoms with Gasteiger partial charge in [0.2, 0.25) is 5.91 Å². The van der Waals surface area contributed by atoms with Crippen LogP contribution in [-0.4, -0.2) is 31.7 Å². The second kappa shape index (κ2) is 4.40. The number of carbonyl (C=O) groups excluding carboxylic acids is 1. The van der Waals surface area contributed by atoms with E-state index in [1.54, 1.807) is 0 Å². The van der Waals surface area contributed by atoms with Gasteiger partial charge in [0.05, 0.1) is 5.92 Å². The maximum Gasteiger partial charge on any atom is 0.224 e. The first-order valence-electron chi connectivity index (χ1n) is 4.32. The molecular formula is C8H15FN2O. The lowest BCUT2D eigenvalue weighted by Crippen LogP contribution is -2.37. The van der Waals surface area contributed by atoms with E-state index in [0.29, 0.717) is 0 Å². The number of amides is 1. The van der Waals surface area contributed by atoms with E-state index in [1.165, 1.54) is 0 Å². The van der Waals surface area contributed by atoms with Gasteiger partial charge in [-0.25, -0.2) is 4.39 Å². The van der Waals surface area contributed by atoms with E-state index in [0.717, 1.165) is 13.0 Å². The van der Waals surface area contributed by atoms with Crippen LogP contribution >= 0.6 is 0 Å². The van der Waals surface area contributed by atoms with Gasteiger partial charge in [-0.1, -0.05) is 0 Å². The molecule has 0 aromatic carbocycles. The van der Waals surface area contributed by atoms with Gasteiger partial charge in [0.15, 0.2) is 0 Å². The van der Waals surface area contributed by atoms with Crippen molar-refractivity contribution < 1.29 is 9.18 Å². The highest BCUT2D eigenvalue weighted by atomic mass is 19.1. The summed E-state index contributed by atoms with van der Waals surface area (Å²) in [5.41, 5.74) is 0. The van der Waals surface area contributed by atoms with Gasteiger partial charge >= 0.3 is 0 Å². The van der Waals surface area contributed by atoms with Gasteiger partial charge in [-0.2, -0.15) is 0 Å². The maximum atomic E-state index is 11.7. The molecule has 4 heteroatoms. The summed E-state index contributed by atoms with van der Waals surface area (Å²) in [7, 11) is 0. The molecule has 1 fully saturated rings. The molecule has 1 rings (SSSR count). The van der Waals surface area contributed by atoms with E-state index in [-0.39, 0.29) is 24.4 Å². The highest BCUT2D eigenvalue weighted by molar-refractivity contribution is 5.79. The first kappa shape index (κ1) is 9.45. The Bertz CT molecular complexity index is 163. The molecule has 70 valence electrons. The van der Waals surface area contributed by atoms with Gasteiger partial charge in [-0.15, -0.1) is 0 Å². The van der Waals surface area contributed by atoms with Crippen LogP contribution in [0, 0.1) is 5.92 Å². The van der Waals surface area contributed by atoms with Crippen molar-refractivity contribution in [1.29, 1.82) is 0 Å². The Labute approximate surface area is 71.7 Å². The Balaban J connectivity index is 2.30. The van der Waals surface area contributed by atoms with Crippen molar-refractivity contribution in [2.45, 2.75) is 19.4 Å². The summed E-state index contributed by atoms with van der Waals surface area (Å²) in [6.45, 7) is 2.52. The largest absolute Gasteiger partial charge is 0.353 e. The first-order valence-corrected chi connectivity index (χ1v) is 4.32.